The average Bonchev–Trinajstić information content (AvgIpc) is 2.99. The number of nitrogens with zero attached hydrogens (tertiary/aromatic N) is 2. The quantitative estimate of drug-likeness (QED) is 0.940. The number of alkyl halides is 1. The third kappa shape index (κ3) is 2.90. The number of benzene rings is 1. The summed E-state index contributed by atoms with van der Waals surface area (Å²) in [7, 11) is 0. The van der Waals surface area contributed by atoms with Crippen LogP contribution in [0.5, 0.6) is 0 Å². The molecule has 1 amide bonds. The van der Waals surface area contributed by atoms with Gasteiger partial charge in [0.2, 0.25) is 5.91 Å². The van der Waals surface area contributed by atoms with E-state index >= 15 is 0 Å². The molecule has 1 saturated heterocycles. The van der Waals surface area contributed by atoms with Crippen LogP contribution in [0.25, 0.3) is 11.0 Å². The Morgan fingerprint density at radius 2 is 2.33 bits per heavy atom. The van der Waals surface area contributed by atoms with Gasteiger partial charge >= 0.3 is 0 Å². The molecule has 2 heterocycles. The smallest absolute Gasteiger partial charge is 0.219 e. The zero-order valence-corrected chi connectivity index (χ0v) is 12.1. The van der Waals surface area contributed by atoms with Gasteiger partial charge in [-0.1, -0.05) is 6.07 Å². The van der Waals surface area contributed by atoms with Crippen molar-refractivity contribution in [3.63, 3.8) is 0 Å². The van der Waals surface area contributed by atoms with Crippen molar-refractivity contribution < 1.29 is 13.9 Å². The number of fused-ring (bicyclic) bond motifs is 1. The number of hydrogen-bond acceptors (Lipinski definition) is 3. The molecule has 1 N–H and O–H groups in total. The molecule has 1 aliphatic heterocycles. The van der Waals surface area contributed by atoms with Gasteiger partial charge in [-0.25, -0.2) is 9.37 Å². The van der Waals surface area contributed by atoms with E-state index < -0.39 is 12.3 Å². The standard InChI is InChI=1S/C15H18FN3O2/c1-9-3-4-12-13(5-9)18-15(17-12)8-21-14-7-19(10(2)20)6-11(14)16/h3-5,11,14H,6-8H2,1-2H3,(H,17,18). The number of rotatable bonds is 3. The molecular formula is C15H18FN3O2. The fourth-order valence-electron chi connectivity index (χ4n) is 2.58. The molecule has 1 aromatic carbocycles. The predicted molar refractivity (Wildman–Crippen MR) is 76.6 cm³/mol. The second-order valence-electron chi connectivity index (χ2n) is 5.49. The first-order valence-corrected chi connectivity index (χ1v) is 6.99. The van der Waals surface area contributed by atoms with E-state index in [4.69, 9.17) is 4.74 Å². The maximum absolute atomic E-state index is 13.8. The Hall–Kier alpha value is -1.95. The first-order chi connectivity index (χ1) is 10.0. The van der Waals surface area contributed by atoms with Gasteiger partial charge in [-0.05, 0) is 24.6 Å². The maximum atomic E-state index is 13.8. The van der Waals surface area contributed by atoms with Crippen LogP contribution in [0.3, 0.4) is 0 Å². The lowest BCUT2D eigenvalue weighted by Crippen LogP contribution is -2.27. The van der Waals surface area contributed by atoms with Crippen molar-refractivity contribution in [3.05, 3.63) is 29.6 Å². The lowest BCUT2D eigenvalue weighted by atomic mass is 10.2. The molecule has 1 aliphatic rings. The van der Waals surface area contributed by atoms with E-state index in [1.54, 1.807) is 0 Å². The maximum Gasteiger partial charge on any atom is 0.219 e. The molecule has 3 rings (SSSR count). The zero-order valence-electron chi connectivity index (χ0n) is 12.1. The molecule has 1 aromatic heterocycles. The molecule has 2 aromatic rings. The number of aromatic nitrogens is 2. The van der Waals surface area contributed by atoms with E-state index in [2.05, 4.69) is 9.97 Å². The van der Waals surface area contributed by atoms with Crippen molar-refractivity contribution in [2.24, 2.45) is 0 Å². The van der Waals surface area contributed by atoms with Gasteiger partial charge in [-0.15, -0.1) is 0 Å². The van der Waals surface area contributed by atoms with Crippen molar-refractivity contribution in [2.75, 3.05) is 13.1 Å². The van der Waals surface area contributed by atoms with Crippen LogP contribution in [0, 0.1) is 6.92 Å². The predicted octanol–water partition coefficient (Wildman–Crippen LogP) is 1.96. The number of halogens is 1. The second-order valence-corrected chi connectivity index (χ2v) is 5.49. The largest absolute Gasteiger partial charge is 0.365 e. The zero-order chi connectivity index (χ0) is 15.0. The molecule has 1 fully saturated rings. The highest BCUT2D eigenvalue weighted by Crippen LogP contribution is 2.19. The molecule has 112 valence electrons. The normalized spacial score (nSPS) is 22.1. The topological polar surface area (TPSA) is 58.2 Å². The summed E-state index contributed by atoms with van der Waals surface area (Å²) in [4.78, 5) is 20.3. The molecule has 2 unspecified atom stereocenters. The Labute approximate surface area is 122 Å². The number of carbonyl (C=O) groups is 1. The van der Waals surface area contributed by atoms with Crippen molar-refractivity contribution >= 4 is 16.9 Å². The van der Waals surface area contributed by atoms with Crippen LogP contribution in [0.15, 0.2) is 18.2 Å². The fourth-order valence-corrected chi connectivity index (χ4v) is 2.58. The van der Waals surface area contributed by atoms with Crippen molar-refractivity contribution in [3.8, 4) is 0 Å². The van der Waals surface area contributed by atoms with Crippen LogP contribution in [-0.4, -0.2) is 46.1 Å². The molecule has 5 nitrogen and oxygen atoms in total. The van der Waals surface area contributed by atoms with Gasteiger partial charge in [-0.2, -0.15) is 0 Å². The van der Waals surface area contributed by atoms with E-state index in [1.165, 1.54) is 11.8 Å². The van der Waals surface area contributed by atoms with Gasteiger partial charge in [0.1, 0.15) is 24.7 Å². The van der Waals surface area contributed by atoms with Gasteiger partial charge in [0.15, 0.2) is 0 Å². The molecule has 0 spiro atoms. The lowest BCUT2D eigenvalue weighted by Gasteiger charge is -2.13. The lowest BCUT2D eigenvalue weighted by molar-refractivity contribution is -0.128. The minimum atomic E-state index is -1.14. The Bertz CT molecular complexity index is 670. The van der Waals surface area contributed by atoms with E-state index in [-0.39, 0.29) is 19.1 Å². The van der Waals surface area contributed by atoms with Crippen LogP contribution in [0.2, 0.25) is 0 Å². The summed E-state index contributed by atoms with van der Waals surface area (Å²) in [5.41, 5.74) is 2.96. The molecule has 0 bridgehead atoms. The minimum absolute atomic E-state index is 0.110. The summed E-state index contributed by atoms with van der Waals surface area (Å²) >= 11 is 0. The number of likely N-dealkylation sites (tertiary alicyclic amines) is 1. The molecule has 0 aliphatic carbocycles. The average molecular weight is 291 g/mol. The van der Waals surface area contributed by atoms with Crippen molar-refractivity contribution in [1.29, 1.82) is 0 Å². The van der Waals surface area contributed by atoms with Crippen LogP contribution in [0.4, 0.5) is 4.39 Å². The first kappa shape index (κ1) is 14.0. The van der Waals surface area contributed by atoms with Gasteiger partial charge in [-0.3, -0.25) is 4.79 Å². The number of amides is 1. The van der Waals surface area contributed by atoms with E-state index in [9.17, 15) is 9.18 Å². The Kier molecular flexibility index (Phi) is 3.63. The number of carbonyl (C=O) groups excluding carboxylic acids is 1. The van der Waals surface area contributed by atoms with Crippen molar-refractivity contribution in [2.45, 2.75) is 32.7 Å². The van der Waals surface area contributed by atoms with Gasteiger partial charge < -0.3 is 14.6 Å². The number of hydrogen-bond donors (Lipinski definition) is 1. The minimum Gasteiger partial charge on any atom is -0.365 e. The number of H-pyrrole nitrogens is 1. The second kappa shape index (κ2) is 5.44. The Morgan fingerprint density at radius 1 is 1.52 bits per heavy atom. The molecule has 0 radical (unpaired) electrons. The highest BCUT2D eigenvalue weighted by Gasteiger charge is 2.35. The summed E-state index contributed by atoms with van der Waals surface area (Å²) in [5, 5.41) is 0. The molecule has 2 atom stereocenters. The Balaban J connectivity index is 1.65. The third-order valence-electron chi connectivity index (χ3n) is 3.76. The number of ether oxygens (including phenoxy) is 1. The molecule has 0 saturated carbocycles. The SMILES string of the molecule is CC(=O)N1CC(F)C(OCc2nc3ccc(C)cc3[nH]2)C1. The van der Waals surface area contributed by atoms with E-state index in [1.807, 2.05) is 25.1 Å². The van der Waals surface area contributed by atoms with Crippen LogP contribution in [-0.2, 0) is 16.1 Å². The highest BCUT2D eigenvalue weighted by molar-refractivity contribution is 5.75. The van der Waals surface area contributed by atoms with Crippen LogP contribution in [0.1, 0.15) is 18.3 Å². The number of nitrogens with one attached hydrogen (secondary N) is 1. The summed E-state index contributed by atoms with van der Waals surface area (Å²) in [6.07, 6.45) is -1.72. The van der Waals surface area contributed by atoms with Crippen LogP contribution < -0.4 is 0 Å². The number of imidazole rings is 1. The molecule has 21 heavy (non-hydrogen) atoms. The molecule has 6 heteroatoms. The summed E-state index contributed by atoms with van der Waals surface area (Å²) in [5.74, 6) is 0.548. The van der Waals surface area contributed by atoms with E-state index in [0.717, 1.165) is 16.6 Å². The number of aromatic amines is 1. The monoisotopic (exact) mass is 291 g/mol. The van der Waals surface area contributed by atoms with Gasteiger partial charge in [0, 0.05) is 13.5 Å². The van der Waals surface area contributed by atoms with Crippen molar-refractivity contribution in [1.82, 2.24) is 14.9 Å². The summed E-state index contributed by atoms with van der Waals surface area (Å²) < 4.78 is 19.4. The first-order valence-electron chi connectivity index (χ1n) is 6.99. The summed E-state index contributed by atoms with van der Waals surface area (Å²) in [6, 6.07) is 5.94. The molecular weight excluding hydrogens is 273 g/mol. The van der Waals surface area contributed by atoms with Crippen LogP contribution >= 0.6 is 0 Å². The third-order valence-corrected chi connectivity index (χ3v) is 3.76. The highest BCUT2D eigenvalue weighted by atomic mass is 19.1. The van der Waals surface area contributed by atoms with Gasteiger partial charge in [0.05, 0.1) is 17.6 Å². The number of aryl methyl sites for hydroxylation is 1. The summed E-state index contributed by atoms with van der Waals surface area (Å²) in [6.45, 7) is 4.08. The Morgan fingerprint density at radius 3 is 3.05 bits per heavy atom. The fraction of sp³-hybridized carbons (Fsp3) is 0.467. The van der Waals surface area contributed by atoms with Gasteiger partial charge in [0.25, 0.3) is 0 Å². The van der Waals surface area contributed by atoms with E-state index in [0.29, 0.717) is 12.4 Å².